The summed E-state index contributed by atoms with van der Waals surface area (Å²) in [5.74, 6) is 1.41. The Balaban J connectivity index is 1.24. The van der Waals surface area contributed by atoms with E-state index in [9.17, 15) is 9.00 Å². The molecule has 6 heteroatoms. The van der Waals surface area contributed by atoms with Crippen LogP contribution in [-0.4, -0.2) is 10.1 Å². The predicted molar refractivity (Wildman–Crippen MR) is 119 cm³/mol. The SMILES string of the molecule is O=C1C=C(C2C=CC(OC3CCc4c(OCc5ccccc5)cccc43)=CC2)S(=O)N1. The van der Waals surface area contributed by atoms with E-state index in [1.165, 1.54) is 17.2 Å². The molecule has 0 bridgehead atoms. The van der Waals surface area contributed by atoms with Gasteiger partial charge in [0.2, 0.25) is 0 Å². The molecule has 3 unspecified atom stereocenters. The van der Waals surface area contributed by atoms with Gasteiger partial charge in [0.1, 0.15) is 35.2 Å². The highest BCUT2D eigenvalue weighted by Gasteiger charge is 2.29. The lowest BCUT2D eigenvalue weighted by Crippen LogP contribution is -2.18. The topological polar surface area (TPSA) is 64.6 Å². The van der Waals surface area contributed by atoms with Crippen LogP contribution in [0.15, 0.2) is 83.5 Å². The summed E-state index contributed by atoms with van der Waals surface area (Å²) >= 11 is 0. The first-order chi connectivity index (χ1) is 15.2. The van der Waals surface area contributed by atoms with E-state index in [-0.39, 0.29) is 17.9 Å². The van der Waals surface area contributed by atoms with Crippen LogP contribution in [0.3, 0.4) is 0 Å². The van der Waals surface area contributed by atoms with Gasteiger partial charge in [-0.1, -0.05) is 48.5 Å². The van der Waals surface area contributed by atoms with Gasteiger partial charge >= 0.3 is 0 Å². The zero-order chi connectivity index (χ0) is 21.2. The zero-order valence-electron chi connectivity index (χ0n) is 17.0. The number of allylic oxidation sites excluding steroid dienone is 4. The summed E-state index contributed by atoms with van der Waals surface area (Å²) < 4.78 is 26.8. The van der Waals surface area contributed by atoms with E-state index in [4.69, 9.17) is 9.47 Å². The van der Waals surface area contributed by atoms with Crippen LogP contribution in [0, 0.1) is 5.92 Å². The van der Waals surface area contributed by atoms with Gasteiger partial charge in [0, 0.05) is 17.6 Å². The minimum absolute atomic E-state index is 0.00852. The molecule has 0 radical (unpaired) electrons. The van der Waals surface area contributed by atoms with E-state index in [0.717, 1.165) is 29.9 Å². The molecular formula is C25H23NO4S. The van der Waals surface area contributed by atoms with Crippen molar-refractivity contribution >= 4 is 16.9 Å². The molecule has 31 heavy (non-hydrogen) atoms. The fraction of sp³-hybridized carbons (Fsp3) is 0.240. The van der Waals surface area contributed by atoms with Crippen LogP contribution in [0.1, 0.15) is 35.6 Å². The Labute approximate surface area is 184 Å². The van der Waals surface area contributed by atoms with Gasteiger partial charge in [-0.3, -0.25) is 9.52 Å². The minimum Gasteiger partial charge on any atom is -0.489 e. The van der Waals surface area contributed by atoms with Crippen LogP contribution in [0.4, 0.5) is 0 Å². The number of fused-ring (bicyclic) bond motifs is 1. The number of rotatable bonds is 6. The number of ether oxygens (including phenoxy) is 2. The molecule has 5 nitrogen and oxygen atoms in total. The first kappa shape index (κ1) is 19.8. The molecule has 1 amide bonds. The fourth-order valence-electron chi connectivity index (χ4n) is 4.25. The van der Waals surface area contributed by atoms with Gasteiger partial charge in [0.15, 0.2) is 0 Å². The second-order valence-corrected chi connectivity index (χ2v) is 9.05. The largest absolute Gasteiger partial charge is 0.489 e. The molecule has 1 N–H and O–H groups in total. The molecule has 1 heterocycles. The maximum Gasteiger partial charge on any atom is 0.256 e. The van der Waals surface area contributed by atoms with Gasteiger partial charge in [-0.15, -0.1) is 0 Å². The molecule has 3 aliphatic rings. The highest BCUT2D eigenvalue weighted by Crippen LogP contribution is 2.41. The highest BCUT2D eigenvalue weighted by atomic mass is 32.2. The maximum absolute atomic E-state index is 12.0. The summed E-state index contributed by atoms with van der Waals surface area (Å²) in [5, 5.41) is 0. The third-order valence-corrected chi connectivity index (χ3v) is 7.04. The smallest absolute Gasteiger partial charge is 0.256 e. The molecular weight excluding hydrogens is 410 g/mol. The Hall–Kier alpha value is -3.12. The zero-order valence-corrected chi connectivity index (χ0v) is 17.8. The number of nitrogens with one attached hydrogen (secondary N) is 1. The summed E-state index contributed by atoms with van der Waals surface area (Å²) in [5.41, 5.74) is 3.54. The molecule has 3 atom stereocenters. The van der Waals surface area contributed by atoms with E-state index in [1.807, 2.05) is 48.6 Å². The molecule has 2 aliphatic carbocycles. The fourth-order valence-corrected chi connectivity index (χ4v) is 5.27. The summed E-state index contributed by atoms with van der Waals surface area (Å²) in [6.07, 6.45) is 9.82. The van der Waals surface area contributed by atoms with Crippen molar-refractivity contribution < 1.29 is 18.5 Å². The van der Waals surface area contributed by atoms with E-state index in [0.29, 0.717) is 17.9 Å². The first-order valence-electron chi connectivity index (χ1n) is 10.4. The summed E-state index contributed by atoms with van der Waals surface area (Å²) in [7, 11) is -1.43. The highest BCUT2D eigenvalue weighted by molar-refractivity contribution is 7.88. The Kier molecular flexibility index (Phi) is 5.47. The molecule has 2 aromatic rings. The standard InChI is InChI=1S/C25H23NO4S/c27-25-15-24(31(28)26-25)18-9-11-19(12-10-18)30-23-14-13-21-20(23)7-4-8-22(21)29-16-17-5-2-1-3-6-17/h1-9,11-12,15,18,23H,10,13-14,16H2,(H,26,27). The minimum atomic E-state index is -1.43. The van der Waals surface area contributed by atoms with Gasteiger partial charge in [-0.2, -0.15) is 0 Å². The van der Waals surface area contributed by atoms with Gasteiger partial charge in [0.05, 0.1) is 4.91 Å². The van der Waals surface area contributed by atoms with Crippen molar-refractivity contribution in [2.75, 3.05) is 0 Å². The lowest BCUT2D eigenvalue weighted by molar-refractivity contribution is -0.114. The molecule has 1 aliphatic heterocycles. The van der Waals surface area contributed by atoms with Crippen molar-refractivity contribution in [3.8, 4) is 5.75 Å². The van der Waals surface area contributed by atoms with Crippen LogP contribution in [-0.2, 0) is 33.5 Å². The molecule has 5 rings (SSSR count). The van der Waals surface area contributed by atoms with Crippen molar-refractivity contribution in [3.05, 3.63) is 100 Å². The average Bonchev–Trinajstić information content (AvgIpc) is 3.36. The lowest BCUT2D eigenvalue weighted by Gasteiger charge is -2.20. The van der Waals surface area contributed by atoms with Gasteiger partial charge in [0.25, 0.3) is 5.91 Å². The lowest BCUT2D eigenvalue weighted by atomic mass is 9.99. The monoisotopic (exact) mass is 433 g/mol. The van der Waals surface area contributed by atoms with E-state index in [2.05, 4.69) is 22.9 Å². The Morgan fingerprint density at radius 2 is 1.97 bits per heavy atom. The van der Waals surface area contributed by atoms with Gasteiger partial charge < -0.3 is 9.47 Å². The van der Waals surface area contributed by atoms with Crippen molar-refractivity contribution in [2.24, 2.45) is 5.92 Å². The Morgan fingerprint density at radius 3 is 2.71 bits per heavy atom. The Bertz CT molecular complexity index is 1120. The summed E-state index contributed by atoms with van der Waals surface area (Å²) in [6.45, 7) is 0.548. The normalized spacial score (nSPS) is 24.3. The van der Waals surface area contributed by atoms with Crippen molar-refractivity contribution in [2.45, 2.75) is 32.0 Å². The molecule has 0 fully saturated rings. The molecule has 2 aromatic carbocycles. The van der Waals surface area contributed by atoms with Gasteiger partial charge in [-0.05, 0) is 48.6 Å². The number of benzene rings is 2. The number of hydrogen-bond acceptors (Lipinski definition) is 4. The maximum atomic E-state index is 12.0. The molecule has 0 saturated carbocycles. The van der Waals surface area contributed by atoms with Crippen LogP contribution < -0.4 is 9.46 Å². The average molecular weight is 434 g/mol. The van der Waals surface area contributed by atoms with Crippen LogP contribution in [0.25, 0.3) is 0 Å². The summed E-state index contributed by atoms with van der Waals surface area (Å²) in [6, 6.07) is 16.3. The van der Waals surface area contributed by atoms with Crippen molar-refractivity contribution in [1.29, 1.82) is 0 Å². The Morgan fingerprint density at radius 1 is 1.10 bits per heavy atom. The third kappa shape index (κ3) is 4.21. The number of carbonyl (C=O) groups excluding carboxylic acids is 1. The van der Waals surface area contributed by atoms with E-state index in [1.54, 1.807) is 0 Å². The molecule has 0 saturated heterocycles. The number of amides is 1. The second kappa shape index (κ2) is 8.55. The van der Waals surface area contributed by atoms with Crippen LogP contribution in [0.5, 0.6) is 5.75 Å². The second-order valence-electron chi connectivity index (χ2n) is 7.83. The molecule has 158 valence electrons. The van der Waals surface area contributed by atoms with E-state index < -0.39 is 11.0 Å². The van der Waals surface area contributed by atoms with Crippen LogP contribution in [0.2, 0.25) is 0 Å². The van der Waals surface area contributed by atoms with Crippen LogP contribution >= 0.6 is 0 Å². The number of hydrogen-bond donors (Lipinski definition) is 1. The third-order valence-electron chi connectivity index (χ3n) is 5.80. The summed E-state index contributed by atoms with van der Waals surface area (Å²) in [4.78, 5) is 12.0. The number of carbonyl (C=O) groups is 1. The van der Waals surface area contributed by atoms with E-state index >= 15 is 0 Å². The quantitative estimate of drug-likeness (QED) is 0.733. The first-order valence-corrected chi connectivity index (χ1v) is 11.6. The van der Waals surface area contributed by atoms with Crippen molar-refractivity contribution in [3.63, 3.8) is 0 Å². The van der Waals surface area contributed by atoms with Crippen molar-refractivity contribution in [1.82, 2.24) is 4.72 Å². The molecule has 0 aromatic heterocycles. The predicted octanol–water partition coefficient (Wildman–Crippen LogP) is 4.41. The van der Waals surface area contributed by atoms with Gasteiger partial charge in [-0.25, -0.2) is 4.21 Å². The molecule has 0 spiro atoms.